The molecule has 1 aliphatic carbocycles. The summed E-state index contributed by atoms with van der Waals surface area (Å²) in [6.45, 7) is 6.84. The van der Waals surface area contributed by atoms with Crippen molar-refractivity contribution in [1.82, 2.24) is 5.43 Å². The Balaban J connectivity index is 2.41. The highest BCUT2D eigenvalue weighted by Gasteiger charge is 2.34. The number of nitrogens with one attached hydrogen (secondary N) is 1. The molecule has 0 aromatic rings. The van der Waals surface area contributed by atoms with Crippen LogP contribution in [0.15, 0.2) is 0 Å². The Kier molecular flexibility index (Phi) is 3.53. The highest BCUT2D eigenvalue weighted by Crippen LogP contribution is 2.39. The summed E-state index contributed by atoms with van der Waals surface area (Å²) in [6.07, 6.45) is 4.04. The third-order valence-electron chi connectivity index (χ3n) is 3.38. The van der Waals surface area contributed by atoms with Gasteiger partial charge in [-0.15, -0.1) is 0 Å². The van der Waals surface area contributed by atoms with Gasteiger partial charge in [0.2, 0.25) is 0 Å². The fourth-order valence-corrected chi connectivity index (χ4v) is 2.00. The molecular formula is C10H22N2. The average molecular weight is 170 g/mol. The van der Waals surface area contributed by atoms with Gasteiger partial charge in [0.15, 0.2) is 0 Å². The topological polar surface area (TPSA) is 38.0 Å². The van der Waals surface area contributed by atoms with Crippen molar-refractivity contribution >= 4 is 0 Å². The molecule has 1 saturated carbocycles. The number of hydrazine groups is 1. The lowest BCUT2D eigenvalue weighted by atomic mass is 9.86. The molecule has 0 heterocycles. The van der Waals surface area contributed by atoms with Crippen molar-refractivity contribution in [3.63, 3.8) is 0 Å². The van der Waals surface area contributed by atoms with Crippen molar-refractivity contribution in [2.75, 3.05) is 0 Å². The monoisotopic (exact) mass is 170 g/mol. The molecule has 0 aromatic heterocycles. The molecule has 0 amide bonds. The first kappa shape index (κ1) is 10.0. The van der Waals surface area contributed by atoms with Crippen LogP contribution in [0, 0.1) is 17.8 Å². The van der Waals surface area contributed by atoms with Crippen molar-refractivity contribution in [3.8, 4) is 0 Å². The van der Waals surface area contributed by atoms with Gasteiger partial charge in [-0.1, -0.05) is 27.2 Å². The van der Waals surface area contributed by atoms with Crippen LogP contribution in [0.3, 0.4) is 0 Å². The predicted molar refractivity (Wildman–Crippen MR) is 52.5 cm³/mol. The maximum atomic E-state index is 5.57. The summed E-state index contributed by atoms with van der Waals surface area (Å²) in [5, 5.41) is 0. The summed E-state index contributed by atoms with van der Waals surface area (Å²) in [4.78, 5) is 0. The first-order chi connectivity index (χ1) is 5.70. The number of rotatable bonds is 5. The Morgan fingerprint density at radius 3 is 2.33 bits per heavy atom. The summed E-state index contributed by atoms with van der Waals surface area (Å²) in [7, 11) is 0. The van der Waals surface area contributed by atoms with Crippen LogP contribution in [-0.2, 0) is 0 Å². The zero-order chi connectivity index (χ0) is 9.14. The van der Waals surface area contributed by atoms with Crippen LogP contribution in [0.25, 0.3) is 0 Å². The minimum absolute atomic E-state index is 0.516. The third kappa shape index (κ3) is 2.20. The molecule has 3 N–H and O–H groups in total. The first-order valence-corrected chi connectivity index (χ1v) is 5.16. The highest BCUT2D eigenvalue weighted by atomic mass is 15.2. The lowest BCUT2D eigenvalue weighted by molar-refractivity contribution is 0.258. The molecular weight excluding hydrogens is 148 g/mol. The Morgan fingerprint density at radius 1 is 1.42 bits per heavy atom. The molecule has 3 unspecified atom stereocenters. The Hall–Kier alpha value is -0.0800. The second kappa shape index (κ2) is 4.24. The maximum absolute atomic E-state index is 5.57. The molecule has 0 radical (unpaired) electrons. The Labute approximate surface area is 75.9 Å². The molecule has 0 aliphatic heterocycles. The summed E-state index contributed by atoms with van der Waals surface area (Å²) < 4.78 is 0. The normalized spacial score (nSPS) is 25.0. The van der Waals surface area contributed by atoms with Gasteiger partial charge in [-0.3, -0.25) is 11.3 Å². The van der Waals surface area contributed by atoms with E-state index in [9.17, 15) is 0 Å². The van der Waals surface area contributed by atoms with Crippen molar-refractivity contribution in [3.05, 3.63) is 0 Å². The quantitative estimate of drug-likeness (QED) is 0.488. The van der Waals surface area contributed by atoms with Gasteiger partial charge in [0, 0.05) is 6.04 Å². The van der Waals surface area contributed by atoms with E-state index in [0.29, 0.717) is 12.0 Å². The van der Waals surface area contributed by atoms with Crippen LogP contribution in [0.1, 0.15) is 40.0 Å². The van der Waals surface area contributed by atoms with E-state index in [0.717, 1.165) is 11.8 Å². The molecule has 0 bridgehead atoms. The fraction of sp³-hybridized carbons (Fsp3) is 1.00. The minimum atomic E-state index is 0.516. The SMILES string of the molecule is CCC(C)C(NN)C(C)C1CC1. The van der Waals surface area contributed by atoms with Crippen molar-refractivity contribution in [2.45, 2.75) is 46.1 Å². The second-order valence-electron chi connectivity index (χ2n) is 4.27. The molecule has 2 nitrogen and oxygen atoms in total. The van der Waals surface area contributed by atoms with Gasteiger partial charge in [-0.05, 0) is 30.6 Å². The summed E-state index contributed by atoms with van der Waals surface area (Å²) in [5.74, 6) is 7.96. The average Bonchev–Trinajstić information content (AvgIpc) is 2.87. The van der Waals surface area contributed by atoms with E-state index in [2.05, 4.69) is 26.2 Å². The molecule has 0 aromatic carbocycles. The Bertz CT molecular complexity index is 132. The number of hydrogen-bond donors (Lipinski definition) is 2. The zero-order valence-electron chi connectivity index (χ0n) is 8.51. The van der Waals surface area contributed by atoms with Crippen LogP contribution in [0.5, 0.6) is 0 Å². The lowest BCUT2D eigenvalue weighted by Gasteiger charge is -2.28. The van der Waals surface area contributed by atoms with Gasteiger partial charge < -0.3 is 0 Å². The second-order valence-corrected chi connectivity index (χ2v) is 4.27. The predicted octanol–water partition coefficient (Wildman–Crippen LogP) is 1.91. The van der Waals surface area contributed by atoms with Crippen molar-refractivity contribution in [1.29, 1.82) is 0 Å². The minimum Gasteiger partial charge on any atom is -0.271 e. The van der Waals surface area contributed by atoms with Crippen LogP contribution < -0.4 is 11.3 Å². The molecule has 1 rings (SSSR count). The van der Waals surface area contributed by atoms with Crippen molar-refractivity contribution in [2.24, 2.45) is 23.6 Å². The summed E-state index contributed by atoms with van der Waals surface area (Å²) >= 11 is 0. The molecule has 2 heteroatoms. The molecule has 12 heavy (non-hydrogen) atoms. The van der Waals surface area contributed by atoms with E-state index in [-0.39, 0.29) is 0 Å². The lowest BCUT2D eigenvalue weighted by Crippen LogP contribution is -2.45. The smallest absolute Gasteiger partial charge is 0.0264 e. The summed E-state index contributed by atoms with van der Waals surface area (Å²) in [6, 6.07) is 0.516. The summed E-state index contributed by atoms with van der Waals surface area (Å²) in [5.41, 5.74) is 2.97. The number of hydrogen-bond acceptors (Lipinski definition) is 2. The molecule has 1 fully saturated rings. The molecule has 1 aliphatic rings. The molecule has 72 valence electrons. The van der Waals surface area contributed by atoms with E-state index < -0.39 is 0 Å². The first-order valence-electron chi connectivity index (χ1n) is 5.16. The van der Waals surface area contributed by atoms with Gasteiger partial charge in [0.05, 0.1) is 0 Å². The van der Waals surface area contributed by atoms with E-state index in [4.69, 9.17) is 5.84 Å². The van der Waals surface area contributed by atoms with Crippen LogP contribution in [0.2, 0.25) is 0 Å². The Morgan fingerprint density at radius 2 is 2.00 bits per heavy atom. The molecule has 0 spiro atoms. The van der Waals surface area contributed by atoms with Gasteiger partial charge in [0.1, 0.15) is 0 Å². The van der Waals surface area contributed by atoms with Gasteiger partial charge >= 0.3 is 0 Å². The van der Waals surface area contributed by atoms with E-state index in [1.807, 2.05) is 0 Å². The standard InChI is InChI=1S/C10H22N2/c1-4-7(2)10(12-11)8(3)9-5-6-9/h7-10,12H,4-6,11H2,1-3H3. The van der Waals surface area contributed by atoms with Gasteiger partial charge in [0.25, 0.3) is 0 Å². The molecule has 3 atom stereocenters. The van der Waals surface area contributed by atoms with Crippen LogP contribution >= 0.6 is 0 Å². The third-order valence-corrected chi connectivity index (χ3v) is 3.38. The zero-order valence-corrected chi connectivity index (χ0v) is 8.51. The van der Waals surface area contributed by atoms with Crippen LogP contribution in [-0.4, -0.2) is 6.04 Å². The van der Waals surface area contributed by atoms with Gasteiger partial charge in [-0.25, -0.2) is 0 Å². The maximum Gasteiger partial charge on any atom is 0.0264 e. The van der Waals surface area contributed by atoms with E-state index in [1.54, 1.807) is 0 Å². The van der Waals surface area contributed by atoms with Gasteiger partial charge in [-0.2, -0.15) is 0 Å². The molecule has 0 saturated heterocycles. The van der Waals surface area contributed by atoms with Crippen molar-refractivity contribution < 1.29 is 0 Å². The highest BCUT2D eigenvalue weighted by molar-refractivity contribution is 4.87. The number of nitrogens with two attached hydrogens (primary N) is 1. The van der Waals surface area contributed by atoms with E-state index >= 15 is 0 Å². The fourth-order valence-electron chi connectivity index (χ4n) is 2.00. The largest absolute Gasteiger partial charge is 0.271 e. The van der Waals surface area contributed by atoms with E-state index in [1.165, 1.54) is 19.3 Å². The van der Waals surface area contributed by atoms with Crippen LogP contribution in [0.4, 0.5) is 0 Å².